The summed E-state index contributed by atoms with van der Waals surface area (Å²) in [5.41, 5.74) is 6.94. The lowest BCUT2D eigenvalue weighted by molar-refractivity contribution is -0.382. The first-order valence-electron chi connectivity index (χ1n) is 6.79. The Balaban J connectivity index is 2.53. The predicted molar refractivity (Wildman–Crippen MR) is 84.5 cm³/mol. The Bertz CT molecular complexity index is 670. The van der Waals surface area contributed by atoms with Gasteiger partial charge in [0.1, 0.15) is 5.69 Å². The Hall–Kier alpha value is -2.21. The molecule has 2 aromatic rings. The van der Waals surface area contributed by atoms with E-state index < -0.39 is 0 Å². The summed E-state index contributed by atoms with van der Waals surface area (Å²) in [6.45, 7) is 5.23. The maximum absolute atomic E-state index is 11.5. The van der Waals surface area contributed by atoms with E-state index in [0.29, 0.717) is 29.7 Å². The molecule has 0 saturated heterocycles. The van der Waals surface area contributed by atoms with Gasteiger partial charge < -0.3 is 10.6 Å². The molecule has 6 heteroatoms. The van der Waals surface area contributed by atoms with Crippen molar-refractivity contribution in [3.05, 3.63) is 40.6 Å². The second-order valence-corrected chi connectivity index (χ2v) is 5.98. The molecule has 1 aromatic heterocycles. The van der Waals surface area contributed by atoms with Gasteiger partial charge in [-0.15, -0.1) is 0 Å². The van der Waals surface area contributed by atoms with Crippen LogP contribution in [0, 0.1) is 15.5 Å². The third kappa shape index (κ3) is 3.11. The Morgan fingerprint density at radius 2 is 2.10 bits per heavy atom. The van der Waals surface area contributed by atoms with Gasteiger partial charge in [0.15, 0.2) is 0 Å². The smallest absolute Gasteiger partial charge is 0.301 e. The van der Waals surface area contributed by atoms with Gasteiger partial charge in [0.2, 0.25) is 0 Å². The summed E-state index contributed by atoms with van der Waals surface area (Å²) in [4.78, 5) is 17.2. The van der Waals surface area contributed by atoms with E-state index in [1.54, 1.807) is 24.4 Å². The molecule has 0 aliphatic rings. The number of fused-ring (bicyclic) bond motifs is 1. The van der Waals surface area contributed by atoms with Gasteiger partial charge in [-0.3, -0.25) is 15.1 Å². The van der Waals surface area contributed by atoms with Crippen LogP contribution in [0.15, 0.2) is 30.5 Å². The second kappa shape index (κ2) is 5.65. The minimum atomic E-state index is -0.342. The normalized spacial score (nSPS) is 11.6. The number of aromatic nitrogens is 1. The average Bonchev–Trinajstić information content (AvgIpc) is 2.45. The molecule has 1 aromatic carbocycles. The van der Waals surface area contributed by atoms with Crippen LogP contribution in [0.1, 0.15) is 13.8 Å². The number of pyridine rings is 1. The van der Waals surface area contributed by atoms with Crippen LogP contribution in [0.5, 0.6) is 0 Å². The number of benzene rings is 1. The molecule has 2 rings (SSSR count). The van der Waals surface area contributed by atoms with Crippen LogP contribution in [0.4, 0.5) is 11.4 Å². The summed E-state index contributed by atoms with van der Waals surface area (Å²) in [5.74, 6) is 0. The maximum Gasteiger partial charge on any atom is 0.301 e. The van der Waals surface area contributed by atoms with E-state index in [-0.39, 0.29) is 16.0 Å². The number of anilines is 1. The molecule has 0 saturated carbocycles. The van der Waals surface area contributed by atoms with E-state index in [4.69, 9.17) is 5.73 Å². The number of nitro groups is 1. The number of rotatable bonds is 5. The summed E-state index contributed by atoms with van der Waals surface area (Å²) in [7, 11) is 1.85. The van der Waals surface area contributed by atoms with Crippen molar-refractivity contribution in [2.24, 2.45) is 11.1 Å². The molecular weight excluding hydrogens is 268 g/mol. The molecule has 0 unspecified atom stereocenters. The van der Waals surface area contributed by atoms with Gasteiger partial charge in [-0.2, -0.15) is 0 Å². The third-order valence-corrected chi connectivity index (χ3v) is 3.55. The Kier molecular flexibility index (Phi) is 4.09. The van der Waals surface area contributed by atoms with E-state index in [9.17, 15) is 10.1 Å². The van der Waals surface area contributed by atoms with E-state index >= 15 is 0 Å². The zero-order chi connectivity index (χ0) is 15.6. The maximum atomic E-state index is 11.5. The first-order valence-corrected chi connectivity index (χ1v) is 6.79. The van der Waals surface area contributed by atoms with Gasteiger partial charge in [-0.05, 0) is 36.2 Å². The van der Waals surface area contributed by atoms with Crippen molar-refractivity contribution >= 4 is 22.3 Å². The van der Waals surface area contributed by atoms with Gasteiger partial charge in [0.25, 0.3) is 0 Å². The Morgan fingerprint density at radius 1 is 1.38 bits per heavy atom. The van der Waals surface area contributed by atoms with Crippen molar-refractivity contribution in [3.63, 3.8) is 0 Å². The van der Waals surface area contributed by atoms with Gasteiger partial charge in [0.05, 0.1) is 15.8 Å². The fourth-order valence-electron chi connectivity index (χ4n) is 2.42. The van der Waals surface area contributed by atoms with Crippen molar-refractivity contribution in [1.82, 2.24) is 4.98 Å². The zero-order valence-corrected chi connectivity index (χ0v) is 12.5. The SMILES string of the molecule is CN(CC(C)(C)CN)c1ccc2ncccc2c1[N+](=O)[O-]. The molecule has 0 radical (unpaired) electrons. The molecule has 1 heterocycles. The molecule has 2 N–H and O–H groups in total. The third-order valence-electron chi connectivity index (χ3n) is 3.55. The quantitative estimate of drug-likeness (QED) is 0.675. The lowest BCUT2D eigenvalue weighted by atomic mass is 9.93. The van der Waals surface area contributed by atoms with Crippen molar-refractivity contribution in [2.45, 2.75) is 13.8 Å². The topological polar surface area (TPSA) is 85.3 Å². The van der Waals surface area contributed by atoms with Gasteiger partial charge in [-0.25, -0.2) is 0 Å². The lowest BCUT2D eigenvalue weighted by Gasteiger charge is -2.30. The highest BCUT2D eigenvalue weighted by Gasteiger charge is 2.25. The van der Waals surface area contributed by atoms with Crippen LogP contribution < -0.4 is 10.6 Å². The van der Waals surface area contributed by atoms with Crippen LogP contribution >= 0.6 is 0 Å². The van der Waals surface area contributed by atoms with Crippen LogP contribution in [0.3, 0.4) is 0 Å². The number of hydrogen-bond acceptors (Lipinski definition) is 5. The fourth-order valence-corrected chi connectivity index (χ4v) is 2.42. The van der Waals surface area contributed by atoms with E-state index in [1.165, 1.54) is 0 Å². The summed E-state index contributed by atoms with van der Waals surface area (Å²) < 4.78 is 0. The minimum Gasteiger partial charge on any atom is -0.368 e. The molecule has 0 aliphatic carbocycles. The van der Waals surface area contributed by atoms with Crippen LogP contribution in [-0.2, 0) is 0 Å². The Morgan fingerprint density at radius 3 is 2.71 bits per heavy atom. The molecule has 0 spiro atoms. The van der Waals surface area contributed by atoms with Crippen LogP contribution in [0.2, 0.25) is 0 Å². The molecule has 0 fully saturated rings. The highest BCUT2D eigenvalue weighted by molar-refractivity contribution is 5.94. The zero-order valence-electron chi connectivity index (χ0n) is 12.5. The van der Waals surface area contributed by atoms with Crippen molar-refractivity contribution in [3.8, 4) is 0 Å². The Labute approximate surface area is 123 Å². The predicted octanol–water partition coefficient (Wildman–Crippen LogP) is 2.56. The molecule has 0 bridgehead atoms. The average molecular weight is 288 g/mol. The van der Waals surface area contributed by atoms with E-state index in [2.05, 4.69) is 4.98 Å². The summed E-state index contributed by atoms with van der Waals surface area (Å²) in [6.07, 6.45) is 1.63. The number of nitrogens with zero attached hydrogens (tertiary/aromatic N) is 3. The fraction of sp³-hybridized carbons (Fsp3) is 0.400. The highest BCUT2D eigenvalue weighted by Crippen LogP contribution is 2.35. The van der Waals surface area contributed by atoms with Gasteiger partial charge in [0, 0.05) is 19.8 Å². The van der Waals surface area contributed by atoms with E-state index in [1.807, 2.05) is 31.9 Å². The van der Waals surface area contributed by atoms with E-state index in [0.717, 1.165) is 0 Å². The first kappa shape index (κ1) is 15.2. The molecule has 0 aliphatic heterocycles. The van der Waals surface area contributed by atoms with Gasteiger partial charge >= 0.3 is 5.69 Å². The molecule has 112 valence electrons. The van der Waals surface area contributed by atoms with Crippen LogP contribution in [-0.4, -0.2) is 30.0 Å². The largest absolute Gasteiger partial charge is 0.368 e. The standard InChI is InChI=1S/C15H20N4O2/c1-15(2,9-16)10-18(3)13-7-6-12-11(5-4-8-17-12)14(13)19(20)21/h4-8H,9-10,16H2,1-3H3. The molecule has 6 nitrogen and oxygen atoms in total. The van der Waals surface area contributed by atoms with Crippen molar-refractivity contribution in [1.29, 1.82) is 0 Å². The second-order valence-electron chi connectivity index (χ2n) is 5.98. The first-order chi connectivity index (χ1) is 9.85. The molecule has 21 heavy (non-hydrogen) atoms. The summed E-state index contributed by atoms with van der Waals surface area (Å²) in [5, 5.41) is 12.1. The highest BCUT2D eigenvalue weighted by atomic mass is 16.6. The monoisotopic (exact) mass is 288 g/mol. The number of nitro benzene ring substituents is 1. The van der Waals surface area contributed by atoms with Crippen molar-refractivity contribution < 1.29 is 4.92 Å². The molecular formula is C15H20N4O2. The van der Waals surface area contributed by atoms with Crippen molar-refractivity contribution in [2.75, 3.05) is 25.0 Å². The lowest BCUT2D eigenvalue weighted by Crippen LogP contribution is -2.37. The van der Waals surface area contributed by atoms with Crippen LogP contribution in [0.25, 0.3) is 10.9 Å². The van der Waals surface area contributed by atoms with Gasteiger partial charge in [-0.1, -0.05) is 13.8 Å². The summed E-state index contributed by atoms with van der Waals surface area (Å²) >= 11 is 0. The molecule has 0 atom stereocenters. The number of nitrogens with two attached hydrogens (primary N) is 1. The molecule has 0 amide bonds. The number of hydrogen-bond donors (Lipinski definition) is 1. The summed E-state index contributed by atoms with van der Waals surface area (Å²) in [6, 6.07) is 7.00. The minimum absolute atomic E-state index is 0.0934.